The van der Waals surface area contributed by atoms with Gasteiger partial charge >= 0.3 is 0 Å². The zero-order chi connectivity index (χ0) is 16.8. The Bertz CT molecular complexity index is 542. The van der Waals surface area contributed by atoms with E-state index in [-0.39, 0.29) is 23.8 Å². The van der Waals surface area contributed by atoms with Gasteiger partial charge in [-0.05, 0) is 19.4 Å². The normalized spacial score (nSPS) is 21.5. The molecule has 0 radical (unpaired) electrons. The molecule has 1 aliphatic heterocycles. The number of nitrogens with zero attached hydrogens (tertiary/aromatic N) is 3. The standard InChI is InChI=1S/C16H27N5O2/c1-4-7-17-8-9-18-16(23)13-5-6-14(22)21(3)15(13)12-10-19-20(2)11-12/h10-11,13,15,17H,4-9H2,1-3H3,(H,18,23). The minimum absolute atomic E-state index is 0.0106. The SMILES string of the molecule is CCCNCCNC(=O)C1CCC(=O)N(C)C1c1cnn(C)c1. The molecule has 2 amide bonds. The first-order valence-corrected chi connectivity index (χ1v) is 8.27. The smallest absolute Gasteiger partial charge is 0.225 e. The van der Waals surface area contributed by atoms with Gasteiger partial charge < -0.3 is 15.5 Å². The molecule has 0 aliphatic carbocycles. The van der Waals surface area contributed by atoms with Crippen LogP contribution < -0.4 is 10.6 Å². The lowest BCUT2D eigenvalue weighted by Gasteiger charge is -2.37. The number of aromatic nitrogens is 2. The van der Waals surface area contributed by atoms with E-state index in [1.807, 2.05) is 13.2 Å². The number of piperidine rings is 1. The van der Waals surface area contributed by atoms with Gasteiger partial charge in [0.25, 0.3) is 0 Å². The molecule has 7 heteroatoms. The van der Waals surface area contributed by atoms with Crippen LogP contribution in [0.1, 0.15) is 37.8 Å². The predicted molar refractivity (Wildman–Crippen MR) is 87.6 cm³/mol. The van der Waals surface area contributed by atoms with Crippen molar-refractivity contribution in [3.63, 3.8) is 0 Å². The van der Waals surface area contributed by atoms with Gasteiger partial charge in [0.05, 0.1) is 18.2 Å². The van der Waals surface area contributed by atoms with Crippen molar-refractivity contribution < 1.29 is 9.59 Å². The van der Waals surface area contributed by atoms with Crippen LogP contribution in [0.3, 0.4) is 0 Å². The summed E-state index contributed by atoms with van der Waals surface area (Å²) in [4.78, 5) is 26.3. The third kappa shape index (κ3) is 4.31. The first-order chi connectivity index (χ1) is 11.0. The van der Waals surface area contributed by atoms with Crippen LogP contribution in [0.2, 0.25) is 0 Å². The number of aryl methyl sites for hydroxylation is 1. The Hall–Kier alpha value is -1.89. The maximum atomic E-state index is 12.6. The van der Waals surface area contributed by atoms with Crippen LogP contribution in [-0.2, 0) is 16.6 Å². The molecule has 1 saturated heterocycles. The number of likely N-dealkylation sites (tertiary alicyclic amines) is 1. The van der Waals surface area contributed by atoms with E-state index in [1.165, 1.54) is 0 Å². The maximum absolute atomic E-state index is 12.6. The van der Waals surface area contributed by atoms with Crippen LogP contribution in [0.25, 0.3) is 0 Å². The molecule has 1 aliphatic rings. The fourth-order valence-corrected chi connectivity index (χ4v) is 3.07. The van der Waals surface area contributed by atoms with Gasteiger partial charge in [-0.15, -0.1) is 0 Å². The monoisotopic (exact) mass is 321 g/mol. The van der Waals surface area contributed by atoms with E-state index in [4.69, 9.17) is 0 Å². The second-order valence-corrected chi connectivity index (χ2v) is 6.08. The Morgan fingerprint density at radius 2 is 2.13 bits per heavy atom. The van der Waals surface area contributed by atoms with E-state index in [0.717, 1.165) is 25.1 Å². The van der Waals surface area contributed by atoms with E-state index in [2.05, 4.69) is 22.7 Å². The van der Waals surface area contributed by atoms with Crippen LogP contribution in [-0.4, -0.2) is 53.2 Å². The molecular weight excluding hydrogens is 294 g/mol. The molecule has 1 aromatic heterocycles. The third-order valence-corrected chi connectivity index (χ3v) is 4.29. The Balaban J connectivity index is 2.02. The Kier molecular flexibility index (Phi) is 6.15. The van der Waals surface area contributed by atoms with Crippen molar-refractivity contribution in [1.29, 1.82) is 0 Å². The van der Waals surface area contributed by atoms with Gasteiger partial charge in [-0.3, -0.25) is 14.3 Å². The quantitative estimate of drug-likeness (QED) is 0.715. The first kappa shape index (κ1) is 17.5. The molecule has 2 N–H and O–H groups in total. The molecule has 0 saturated carbocycles. The fourth-order valence-electron chi connectivity index (χ4n) is 3.07. The Morgan fingerprint density at radius 1 is 1.35 bits per heavy atom. The topological polar surface area (TPSA) is 79.3 Å². The van der Waals surface area contributed by atoms with Crippen LogP contribution in [0.5, 0.6) is 0 Å². The summed E-state index contributed by atoms with van der Waals surface area (Å²) in [5.74, 6) is -0.142. The van der Waals surface area contributed by atoms with E-state index >= 15 is 0 Å². The van der Waals surface area contributed by atoms with Crippen molar-refractivity contribution >= 4 is 11.8 Å². The Labute approximate surface area is 137 Å². The maximum Gasteiger partial charge on any atom is 0.225 e. The number of nitrogens with one attached hydrogen (secondary N) is 2. The summed E-state index contributed by atoms with van der Waals surface area (Å²) in [5, 5.41) is 10.4. The summed E-state index contributed by atoms with van der Waals surface area (Å²) in [6.07, 6.45) is 5.69. The lowest BCUT2D eigenvalue weighted by molar-refractivity contribution is -0.141. The molecule has 0 bridgehead atoms. The first-order valence-electron chi connectivity index (χ1n) is 8.27. The lowest BCUT2D eigenvalue weighted by atomic mass is 9.85. The molecule has 2 unspecified atom stereocenters. The van der Waals surface area contributed by atoms with E-state index < -0.39 is 0 Å². The van der Waals surface area contributed by atoms with Gasteiger partial charge in [0.15, 0.2) is 0 Å². The van der Waals surface area contributed by atoms with Crippen LogP contribution in [0.4, 0.5) is 0 Å². The molecule has 2 atom stereocenters. The number of hydrogen-bond acceptors (Lipinski definition) is 4. The van der Waals surface area contributed by atoms with Crippen molar-refractivity contribution in [3.8, 4) is 0 Å². The zero-order valence-electron chi connectivity index (χ0n) is 14.2. The molecular formula is C16H27N5O2. The number of carbonyl (C=O) groups is 2. The average Bonchev–Trinajstić information content (AvgIpc) is 2.95. The van der Waals surface area contributed by atoms with E-state index in [0.29, 0.717) is 19.4 Å². The molecule has 0 aromatic carbocycles. The second kappa shape index (κ2) is 8.10. The van der Waals surface area contributed by atoms with E-state index in [9.17, 15) is 9.59 Å². The van der Waals surface area contributed by atoms with Crippen LogP contribution >= 0.6 is 0 Å². The van der Waals surface area contributed by atoms with Crippen molar-refractivity contribution in [2.75, 3.05) is 26.7 Å². The third-order valence-electron chi connectivity index (χ3n) is 4.29. The fraction of sp³-hybridized carbons (Fsp3) is 0.688. The summed E-state index contributed by atoms with van der Waals surface area (Å²) in [6, 6.07) is -0.242. The molecule has 2 rings (SSSR count). The van der Waals surface area contributed by atoms with Crippen molar-refractivity contribution in [1.82, 2.24) is 25.3 Å². The minimum Gasteiger partial charge on any atom is -0.355 e. The predicted octanol–water partition coefficient (Wildman–Crippen LogP) is 0.445. The van der Waals surface area contributed by atoms with Gasteiger partial charge in [-0.2, -0.15) is 5.10 Å². The highest BCUT2D eigenvalue weighted by Gasteiger charge is 2.39. The number of rotatable bonds is 7. The largest absolute Gasteiger partial charge is 0.355 e. The molecule has 1 fully saturated rings. The highest BCUT2D eigenvalue weighted by Crippen LogP contribution is 2.35. The molecule has 1 aromatic rings. The van der Waals surface area contributed by atoms with Crippen molar-refractivity contribution in [2.24, 2.45) is 13.0 Å². The van der Waals surface area contributed by atoms with Gasteiger partial charge in [-0.1, -0.05) is 6.92 Å². The minimum atomic E-state index is -0.242. The van der Waals surface area contributed by atoms with Gasteiger partial charge in [0, 0.05) is 45.4 Å². The molecule has 128 valence electrons. The highest BCUT2D eigenvalue weighted by atomic mass is 16.2. The lowest BCUT2D eigenvalue weighted by Crippen LogP contribution is -2.47. The number of hydrogen-bond donors (Lipinski definition) is 2. The molecule has 23 heavy (non-hydrogen) atoms. The summed E-state index contributed by atoms with van der Waals surface area (Å²) in [6.45, 7) is 4.43. The van der Waals surface area contributed by atoms with Crippen LogP contribution in [0, 0.1) is 5.92 Å². The summed E-state index contributed by atoms with van der Waals surface area (Å²) in [7, 11) is 3.60. The zero-order valence-corrected chi connectivity index (χ0v) is 14.2. The second-order valence-electron chi connectivity index (χ2n) is 6.08. The highest BCUT2D eigenvalue weighted by molar-refractivity contribution is 5.84. The number of carbonyl (C=O) groups excluding carboxylic acids is 2. The molecule has 0 spiro atoms. The summed E-state index contributed by atoms with van der Waals surface area (Å²) in [5.41, 5.74) is 0.910. The summed E-state index contributed by atoms with van der Waals surface area (Å²) >= 11 is 0. The van der Waals surface area contributed by atoms with Gasteiger partial charge in [0.2, 0.25) is 11.8 Å². The molecule has 7 nitrogen and oxygen atoms in total. The van der Waals surface area contributed by atoms with Crippen molar-refractivity contribution in [3.05, 3.63) is 18.0 Å². The van der Waals surface area contributed by atoms with Gasteiger partial charge in [-0.25, -0.2) is 0 Å². The molecule has 2 heterocycles. The number of amides is 2. The van der Waals surface area contributed by atoms with Crippen molar-refractivity contribution in [2.45, 2.75) is 32.2 Å². The Morgan fingerprint density at radius 3 is 2.78 bits per heavy atom. The average molecular weight is 321 g/mol. The van der Waals surface area contributed by atoms with Gasteiger partial charge in [0.1, 0.15) is 0 Å². The van der Waals surface area contributed by atoms with E-state index in [1.54, 1.807) is 22.8 Å². The summed E-state index contributed by atoms with van der Waals surface area (Å²) < 4.78 is 1.70. The van der Waals surface area contributed by atoms with Crippen LogP contribution in [0.15, 0.2) is 12.4 Å².